The van der Waals surface area contributed by atoms with Gasteiger partial charge >= 0.3 is 0 Å². The number of nitrogens with two attached hydrogens (primary N) is 1. The first-order valence-corrected chi connectivity index (χ1v) is 7.28. The zero-order valence-corrected chi connectivity index (χ0v) is 12.6. The molecular weight excluding hydrogens is 270 g/mol. The molecule has 0 fully saturated rings. The molecular formula is C15H17N3OS. The van der Waals surface area contributed by atoms with E-state index in [1.807, 2.05) is 39.0 Å². The van der Waals surface area contributed by atoms with E-state index in [2.05, 4.69) is 9.97 Å². The van der Waals surface area contributed by atoms with Gasteiger partial charge in [0.25, 0.3) is 0 Å². The predicted octanol–water partition coefficient (Wildman–Crippen LogP) is 2.96. The molecule has 4 nitrogen and oxygen atoms in total. The summed E-state index contributed by atoms with van der Waals surface area (Å²) in [7, 11) is 0. The van der Waals surface area contributed by atoms with Crippen LogP contribution in [0.3, 0.4) is 0 Å². The highest BCUT2D eigenvalue weighted by molar-refractivity contribution is 7.99. The molecule has 0 saturated heterocycles. The predicted molar refractivity (Wildman–Crippen MR) is 82.2 cm³/mol. The van der Waals surface area contributed by atoms with Crippen molar-refractivity contribution in [2.75, 3.05) is 11.5 Å². The number of benzene rings is 1. The number of aromatic nitrogens is 2. The molecule has 2 rings (SSSR count). The number of thioether (sulfide) groups is 1. The van der Waals surface area contributed by atoms with E-state index in [-0.39, 0.29) is 5.78 Å². The summed E-state index contributed by atoms with van der Waals surface area (Å²) in [6.45, 7) is 5.82. The lowest BCUT2D eigenvalue weighted by Crippen LogP contribution is -2.06. The Labute approximate surface area is 122 Å². The molecule has 0 spiro atoms. The van der Waals surface area contributed by atoms with Gasteiger partial charge in [0.15, 0.2) is 10.9 Å². The van der Waals surface area contributed by atoms with Crippen LogP contribution in [0.1, 0.15) is 27.2 Å². The van der Waals surface area contributed by atoms with Crippen LogP contribution in [0.25, 0.3) is 0 Å². The van der Waals surface area contributed by atoms with Crippen molar-refractivity contribution in [1.29, 1.82) is 0 Å². The van der Waals surface area contributed by atoms with Gasteiger partial charge in [-0.2, -0.15) is 0 Å². The summed E-state index contributed by atoms with van der Waals surface area (Å²) in [5.74, 6) is 0.822. The summed E-state index contributed by atoms with van der Waals surface area (Å²) >= 11 is 1.31. The van der Waals surface area contributed by atoms with Gasteiger partial charge in [-0.05, 0) is 26.3 Å². The van der Waals surface area contributed by atoms with E-state index in [0.717, 1.165) is 22.4 Å². The zero-order valence-electron chi connectivity index (χ0n) is 11.8. The maximum absolute atomic E-state index is 12.2. The Morgan fingerprint density at radius 3 is 2.60 bits per heavy atom. The molecule has 2 aromatic rings. The fourth-order valence-corrected chi connectivity index (χ4v) is 2.76. The molecule has 20 heavy (non-hydrogen) atoms. The number of rotatable bonds is 4. The quantitative estimate of drug-likeness (QED) is 0.532. The number of Topliss-reactive ketones (excluding diaryl/α,β-unsaturated/α-hetero) is 1. The number of hydrogen-bond acceptors (Lipinski definition) is 5. The molecule has 104 valence electrons. The summed E-state index contributed by atoms with van der Waals surface area (Å²) in [6.07, 6.45) is 0. The molecule has 0 radical (unpaired) electrons. The number of carbonyl (C=O) groups is 1. The molecule has 0 aliphatic rings. The molecule has 1 aromatic carbocycles. The Hall–Kier alpha value is -1.88. The Morgan fingerprint density at radius 1 is 1.20 bits per heavy atom. The molecule has 1 aromatic heterocycles. The molecule has 0 aliphatic carbocycles. The maximum atomic E-state index is 12.2. The van der Waals surface area contributed by atoms with Crippen LogP contribution < -0.4 is 5.73 Å². The second-order valence-electron chi connectivity index (χ2n) is 4.75. The Kier molecular flexibility index (Phi) is 4.39. The third-order valence-electron chi connectivity index (χ3n) is 2.87. The van der Waals surface area contributed by atoms with Crippen molar-refractivity contribution in [1.82, 2.24) is 9.97 Å². The van der Waals surface area contributed by atoms with Crippen molar-refractivity contribution in [2.45, 2.75) is 25.9 Å². The highest BCUT2D eigenvalue weighted by atomic mass is 32.2. The standard InChI is InChI=1S/C15H17N3OS/c1-9-4-5-12(10(2)6-9)13(19)8-20-15-17-11(3)7-14(16)18-15/h4-7H,8H2,1-3H3,(H2,16,17,18). The van der Waals surface area contributed by atoms with Crippen molar-refractivity contribution in [3.63, 3.8) is 0 Å². The number of nitrogen functional groups attached to an aromatic ring is 1. The summed E-state index contributed by atoms with van der Waals surface area (Å²) in [6, 6.07) is 7.54. The molecule has 5 heteroatoms. The van der Waals surface area contributed by atoms with Crippen LogP contribution in [0.5, 0.6) is 0 Å². The van der Waals surface area contributed by atoms with Gasteiger partial charge in [0.05, 0.1) is 5.75 Å². The van der Waals surface area contributed by atoms with Gasteiger partial charge in [0.2, 0.25) is 0 Å². The van der Waals surface area contributed by atoms with E-state index in [9.17, 15) is 4.79 Å². The summed E-state index contributed by atoms with van der Waals surface area (Å²) in [5, 5.41) is 0.542. The number of anilines is 1. The van der Waals surface area contributed by atoms with Crippen molar-refractivity contribution >= 4 is 23.4 Å². The third kappa shape index (κ3) is 3.57. The Bertz CT molecular complexity index is 635. The first-order chi connectivity index (χ1) is 9.45. The van der Waals surface area contributed by atoms with Crippen molar-refractivity contribution in [3.05, 3.63) is 46.6 Å². The number of aryl methyl sites for hydroxylation is 3. The minimum atomic E-state index is 0.0798. The normalized spacial score (nSPS) is 10.6. The number of ketones is 1. The van der Waals surface area contributed by atoms with E-state index >= 15 is 0 Å². The first kappa shape index (κ1) is 14.5. The molecule has 0 aliphatic heterocycles. The monoisotopic (exact) mass is 287 g/mol. The summed E-state index contributed by atoms with van der Waals surface area (Å²) < 4.78 is 0. The van der Waals surface area contributed by atoms with E-state index < -0.39 is 0 Å². The average Bonchev–Trinajstić information content (AvgIpc) is 2.35. The minimum Gasteiger partial charge on any atom is -0.384 e. The SMILES string of the molecule is Cc1ccc(C(=O)CSc2nc(C)cc(N)n2)c(C)c1. The first-order valence-electron chi connectivity index (χ1n) is 6.30. The summed E-state index contributed by atoms with van der Waals surface area (Å²) in [4.78, 5) is 20.6. The van der Waals surface area contributed by atoms with Crippen molar-refractivity contribution in [2.24, 2.45) is 0 Å². The van der Waals surface area contributed by atoms with Crippen LogP contribution in [0.15, 0.2) is 29.4 Å². The van der Waals surface area contributed by atoms with Crippen LogP contribution >= 0.6 is 11.8 Å². The molecule has 0 saturated carbocycles. The van der Waals surface area contributed by atoms with Crippen LogP contribution in [0, 0.1) is 20.8 Å². The largest absolute Gasteiger partial charge is 0.384 e. The number of hydrogen-bond donors (Lipinski definition) is 1. The lowest BCUT2D eigenvalue weighted by atomic mass is 10.0. The van der Waals surface area contributed by atoms with E-state index in [4.69, 9.17) is 5.73 Å². The smallest absolute Gasteiger partial charge is 0.190 e. The van der Waals surface area contributed by atoms with Gasteiger partial charge in [-0.25, -0.2) is 9.97 Å². The second-order valence-corrected chi connectivity index (χ2v) is 5.69. The summed E-state index contributed by atoms with van der Waals surface area (Å²) in [5.41, 5.74) is 9.38. The molecule has 2 N–H and O–H groups in total. The Morgan fingerprint density at radius 2 is 1.95 bits per heavy atom. The van der Waals surface area contributed by atoms with Gasteiger partial charge < -0.3 is 5.73 Å². The highest BCUT2D eigenvalue weighted by Gasteiger charge is 2.11. The molecule has 0 amide bonds. The fourth-order valence-electron chi connectivity index (χ4n) is 1.96. The highest BCUT2D eigenvalue weighted by Crippen LogP contribution is 2.19. The van der Waals surface area contributed by atoms with Crippen LogP contribution in [0.4, 0.5) is 5.82 Å². The molecule has 0 atom stereocenters. The third-order valence-corrected chi connectivity index (χ3v) is 3.72. The lowest BCUT2D eigenvalue weighted by molar-refractivity contribution is 0.102. The topological polar surface area (TPSA) is 68.9 Å². The lowest BCUT2D eigenvalue weighted by Gasteiger charge is -2.06. The maximum Gasteiger partial charge on any atom is 0.190 e. The molecule has 0 bridgehead atoms. The van der Waals surface area contributed by atoms with Gasteiger partial charge in [-0.1, -0.05) is 35.5 Å². The Balaban J connectivity index is 2.08. The second kappa shape index (κ2) is 6.05. The van der Waals surface area contributed by atoms with Gasteiger partial charge in [-0.3, -0.25) is 4.79 Å². The van der Waals surface area contributed by atoms with Crippen molar-refractivity contribution < 1.29 is 4.79 Å². The zero-order chi connectivity index (χ0) is 14.7. The van der Waals surface area contributed by atoms with E-state index in [1.165, 1.54) is 11.8 Å². The molecule has 1 heterocycles. The fraction of sp³-hybridized carbons (Fsp3) is 0.267. The number of carbonyl (C=O) groups excluding carboxylic acids is 1. The van der Waals surface area contributed by atoms with Gasteiger partial charge in [-0.15, -0.1) is 0 Å². The van der Waals surface area contributed by atoms with Gasteiger partial charge in [0.1, 0.15) is 5.82 Å². The molecule has 0 unspecified atom stereocenters. The van der Waals surface area contributed by atoms with Crippen LogP contribution in [-0.2, 0) is 0 Å². The van der Waals surface area contributed by atoms with E-state index in [1.54, 1.807) is 6.07 Å². The average molecular weight is 287 g/mol. The minimum absolute atomic E-state index is 0.0798. The van der Waals surface area contributed by atoms with Crippen LogP contribution in [-0.4, -0.2) is 21.5 Å². The van der Waals surface area contributed by atoms with E-state index in [0.29, 0.717) is 16.7 Å². The van der Waals surface area contributed by atoms with Gasteiger partial charge in [0, 0.05) is 17.3 Å². The van der Waals surface area contributed by atoms with Crippen molar-refractivity contribution in [3.8, 4) is 0 Å². The van der Waals surface area contributed by atoms with Crippen LogP contribution in [0.2, 0.25) is 0 Å². The number of nitrogens with zero attached hydrogens (tertiary/aromatic N) is 2.